The van der Waals surface area contributed by atoms with Crippen molar-refractivity contribution in [3.05, 3.63) is 0 Å². The highest BCUT2D eigenvalue weighted by molar-refractivity contribution is 5.85. The van der Waals surface area contributed by atoms with Crippen molar-refractivity contribution in [3.63, 3.8) is 0 Å². The molecule has 1 aliphatic rings. The maximum absolute atomic E-state index is 8.69. The van der Waals surface area contributed by atoms with Gasteiger partial charge >= 0.3 is 0 Å². The first kappa shape index (κ1) is 14.3. The third-order valence-electron chi connectivity index (χ3n) is 3.64. The molecule has 1 saturated heterocycles. The molecule has 0 amide bonds. The Morgan fingerprint density at radius 3 is 2.82 bits per heavy atom. The summed E-state index contributed by atoms with van der Waals surface area (Å²) in [6.07, 6.45) is 3.08. The quantitative estimate of drug-likeness (QED) is 0.319. The molecule has 1 unspecified atom stereocenters. The zero-order valence-corrected chi connectivity index (χ0v) is 11.1. The number of nitrogens with two attached hydrogens (primary N) is 1. The molecule has 0 bridgehead atoms. The molecule has 5 nitrogen and oxygen atoms in total. The van der Waals surface area contributed by atoms with Crippen LogP contribution in [0.3, 0.4) is 0 Å². The van der Waals surface area contributed by atoms with E-state index in [1.807, 2.05) is 13.8 Å². The second-order valence-electron chi connectivity index (χ2n) is 5.47. The van der Waals surface area contributed by atoms with Gasteiger partial charge in [0.25, 0.3) is 0 Å². The molecule has 0 aromatic heterocycles. The van der Waals surface area contributed by atoms with Crippen LogP contribution in [0.15, 0.2) is 5.16 Å². The summed E-state index contributed by atoms with van der Waals surface area (Å²) in [6, 6.07) is 0.557. The minimum Gasteiger partial charge on any atom is -0.409 e. The largest absolute Gasteiger partial charge is 0.409 e. The summed E-state index contributed by atoms with van der Waals surface area (Å²) in [5, 5.41) is 11.8. The maximum atomic E-state index is 8.69. The van der Waals surface area contributed by atoms with Crippen molar-refractivity contribution in [3.8, 4) is 0 Å². The van der Waals surface area contributed by atoms with Crippen molar-refractivity contribution >= 4 is 5.84 Å². The highest BCUT2D eigenvalue weighted by Crippen LogP contribution is 2.23. The first-order valence-corrected chi connectivity index (χ1v) is 6.23. The van der Waals surface area contributed by atoms with E-state index in [1.54, 1.807) is 0 Å². The van der Waals surface area contributed by atoms with Gasteiger partial charge in [0.2, 0.25) is 0 Å². The molecule has 100 valence electrons. The molecular weight excluding hydrogens is 218 g/mol. The van der Waals surface area contributed by atoms with Gasteiger partial charge in [0, 0.05) is 18.1 Å². The van der Waals surface area contributed by atoms with Gasteiger partial charge in [-0.3, -0.25) is 0 Å². The lowest BCUT2D eigenvalue weighted by Gasteiger charge is -2.26. The van der Waals surface area contributed by atoms with Crippen LogP contribution in [0.4, 0.5) is 0 Å². The zero-order valence-electron chi connectivity index (χ0n) is 11.1. The fourth-order valence-corrected chi connectivity index (χ4v) is 2.09. The lowest BCUT2D eigenvalue weighted by molar-refractivity contribution is 0.157. The van der Waals surface area contributed by atoms with Crippen LogP contribution >= 0.6 is 0 Å². The summed E-state index contributed by atoms with van der Waals surface area (Å²) in [6.45, 7) is 6.75. The summed E-state index contributed by atoms with van der Waals surface area (Å²) < 4.78 is 5.37. The number of likely N-dealkylation sites (N-methyl/N-ethyl adjacent to an activating group) is 1. The van der Waals surface area contributed by atoms with Crippen LogP contribution in [0, 0.1) is 5.41 Å². The number of hydrogen-bond acceptors (Lipinski definition) is 4. The Kier molecular flexibility index (Phi) is 5.21. The number of rotatable bonds is 6. The van der Waals surface area contributed by atoms with Crippen molar-refractivity contribution in [2.24, 2.45) is 16.3 Å². The first-order valence-electron chi connectivity index (χ1n) is 6.23. The van der Waals surface area contributed by atoms with Gasteiger partial charge in [-0.2, -0.15) is 0 Å². The lowest BCUT2D eigenvalue weighted by Crippen LogP contribution is -2.35. The number of oxime groups is 1. The highest BCUT2D eigenvalue weighted by atomic mass is 16.5. The van der Waals surface area contributed by atoms with Gasteiger partial charge in [0.15, 0.2) is 0 Å². The minimum absolute atomic E-state index is 0.234. The van der Waals surface area contributed by atoms with Crippen molar-refractivity contribution < 1.29 is 9.94 Å². The molecule has 3 N–H and O–H groups in total. The van der Waals surface area contributed by atoms with Crippen LogP contribution < -0.4 is 5.73 Å². The van der Waals surface area contributed by atoms with E-state index in [9.17, 15) is 0 Å². The van der Waals surface area contributed by atoms with E-state index in [2.05, 4.69) is 17.1 Å². The van der Waals surface area contributed by atoms with Crippen LogP contribution in [0.5, 0.6) is 0 Å². The van der Waals surface area contributed by atoms with Gasteiger partial charge in [0.1, 0.15) is 5.84 Å². The fourth-order valence-electron chi connectivity index (χ4n) is 2.09. The molecular formula is C12H25N3O2. The molecule has 0 radical (unpaired) electrons. The summed E-state index contributed by atoms with van der Waals surface area (Å²) in [5.74, 6) is 0.310. The molecule has 5 heteroatoms. The minimum atomic E-state index is -0.234. The van der Waals surface area contributed by atoms with E-state index >= 15 is 0 Å². The van der Waals surface area contributed by atoms with E-state index in [0.717, 1.165) is 39.0 Å². The SMILES string of the molecule is CN(CCCC(C)(C)C(N)=NO)C1CCOC1. The molecule has 0 aromatic rings. The number of ether oxygens (including phenoxy) is 1. The molecule has 1 rings (SSSR count). The van der Waals surface area contributed by atoms with E-state index in [4.69, 9.17) is 15.7 Å². The van der Waals surface area contributed by atoms with E-state index in [0.29, 0.717) is 11.9 Å². The Labute approximate surface area is 104 Å². The van der Waals surface area contributed by atoms with Crippen molar-refractivity contribution in [1.29, 1.82) is 0 Å². The molecule has 0 aliphatic carbocycles. The highest BCUT2D eigenvalue weighted by Gasteiger charge is 2.24. The molecule has 17 heavy (non-hydrogen) atoms. The van der Waals surface area contributed by atoms with E-state index in [1.165, 1.54) is 0 Å². The average Bonchev–Trinajstić information content (AvgIpc) is 2.80. The molecule has 0 spiro atoms. The van der Waals surface area contributed by atoms with Crippen LogP contribution in [0.2, 0.25) is 0 Å². The van der Waals surface area contributed by atoms with Gasteiger partial charge < -0.3 is 20.6 Å². The monoisotopic (exact) mass is 243 g/mol. The first-order chi connectivity index (χ1) is 7.97. The standard InChI is InChI=1S/C12H25N3O2/c1-12(2,11(13)14-16)6-4-7-15(3)10-5-8-17-9-10/h10,16H,4-9H2,1-3H3,(H2,13,14). The van der Waals surface area contributed by atoms with Crippen LogP contribution in [0.1, 0.15) is 33.1 Å². The average molecular weight is 243 g/mol. The smallest absolute Gasteiger partial charge is 0.144 e. The molecule has 1 aliphatic heterocycles. The van der Waals surface area contributed by atoms with Gasteiger partial charge in [-0.1, -0.05) is 19.0 Å². The summed E-state index contributed by atoms with van der Waals surface area (Å²) in [7, 11) is 2.13. The van der Waals surface area contributed by atoms with Gasteiger partial charge in [-0.15, -0.1) is 0 Å². The van der Waals surface area contributed by atoms with Gasteiger partial charge in [-0.25, -0.2) is 0 Å². The summed E-state index contributed by atoms with van der Waals surface area (Å²) in [4.78, 5) is 2.34. The normalized spacial score (nSPS) is 22.4. The molecule has 0 saturated carbocycles. The Morgan fingerprint density at radius 1 is 1.59 bits per heavy atom. The third kappa shape index (κ3) is 4.16. The van der Waals surface area contributed by atoms with Crippen LogP contribution in [-0.2, 0) is 4.74 Å². The van der Waals surface area contributed by atoms with Gasteiger partial charge in [-0.05, 0) is 32.9 Å². The maximum Gasteiger partial charge on any atom is 0.144 e. The second kappa shape index (κ2) is 6.21. The predicted molar refractivity (Wildman–Crippen MR) is 68.3 cm³/mol. The van der Waals surface area contributed by atoms with Crippen molar-refractivity contribution in [2.75, 3.05) is 26.8 Å². The zero-order chi connectivity index (χ0) is 12.9. The second-order valence-corrected chi connectivity index (χ2v) is 5.47. The Bertz CT molecular complexity index is 260. The third-order valence-corrected chi connectivity index (χ3v) is 3.64. The Balaban J connectivity index is 2.27. The number of hydrogen-bond donors (Lipinski definition) is 2. The van der Waals surface area contributed by atoms with Crippen LogP contribution in [0.25, 0.3) is 0 Å². The van der Waals surface area contributed by atoms with Crippen molar-refractivity contribution in [2.45, 2.75) is 39.2 Å². The van der Waals surface area contributed by atoms with Crippen molar-refractivity contribution in [1.82, 2.24) is 4.90 Å². The summed E-state index contributed by atoms with van der Waals surface area (Å²) >= 11 is 0. The Hall–Kier alpha value is -0.810. The molecule has 1 heterocycles. The predicted octanol–water partition coefficient (Wildman–Crippen LogP) is 1.26. The number of nitrogens with zero attached hydrogens (tertiary/aromatic N) is 2. The molecule has 1 fully saturated rings. The van der Waals surface area contributed by atoms with E-state index < -0.39 is 0 Å². The van der Waals surface area contributed by atoms with E-state index in [-0.39, 0.29) is 5.41 Å². The molecule has 1 atom stereocenters. The number of amidine groups is 1. The van der Waals surface area contributed by atoms with Crippen LogP contribution in [-0.4, -0.2) is 48.8 Å². The topological polar surface area (TPSA) is 71.1 Å². The fraction of sp³-hybridized carbons (Fsp3) is 0.917. The Morgan fingerprint density at radius 2 is 2.29 bits per heavy atom. The van der Waals surface area contributed by atoms with Gasteiger partial charge in [0.05, 0.1) is 6.61 Å². The summed E-state index contributed by atoms with van der Waals surface area (Å²) in [5.41, 5.74) is 5.42. The molecule has 0 aromatic carbocycles. The lowest BCUT2D eigenvalue weighted by atomic mass is 9.86.